The van der Waals surface area contributed by atoms with Gasteiger partial charge in [-0.05, 0) is 34.1 Å². The molecule has 0 saturated heterocycles. The van der Waals surface area contributed by atoms with Crippen LogP contribution >= 0.6 is 27.5 Å². The number of aromatic nitrogens is 1. The first-order chi connectivity index (χ1) is 8.91. The second kappa shape index (κ2) is 5.62. The quantitative estimate of drug-likeness (QED) is 0.836. The van der Waals surface area contributed by atoms with Gasteiger partial charge in [0.1, 0.15) is 10.7 Å². The van der Waals surface area contributed by atoms with Gasteiger partial charge in [0.15, 0.2) is 4.67 Å². The molecule has 0 saturated carbocycles. The standard InChI is InChI=1S/C11H10BrClN2O3S/c1-15(7-8-2-3-11(12)18-8)19(16,17)10-6-14-5-4-9(10)13/h2-6H,7H2,1H3. The number of halogens is 2. The summed E-state index contributed by atoms with van der Waals surface area (Å²) in [5.41, 5.74) is 0. The lowest BCUT2D eigenvalue weighted by atomic mass is 10.4. The van der Waals surface area contributed by atoms with Crippen LogP contribution in [0.15, 0.2) is 44.6 Å². The van der Waals surface area contributed by atoms with Crippen molar-refractivity contribution in [3.8, 4) is 0 Å². The van der Waals surface area contributed by atoms with Gasteiger partial charge in [-0.2, -0.15) is 4.31 Å². The number of furan rings is 1. The van der Waals surface area contributed by atoms with Crippen molar-refractivity contribution in [3.05, 3.63) is 46.0 Å². The second-order valence-electron chi connectivity index (χ2n) is 3.77. The van der Waals surface area contributed by atoms with Crippen LogP contribution in [-0.4, -0.2) is 24.8 Å². The molecule has 2 heterocycles. The molecule has 2 aromatic rings. The van der Waals surface area contributed by atoms with Crippen molar-refractivity contribution >= 4 is 37.6 Å². The maximum atomic E-state index is 12.3. The average Bonchev–Trinajstić information content (AvgIpc) is 2.75. The molecule has 0 bridgehead atoms. The highest BCUT2D eigenvalue weighted by atomic mass is 79.9. The van der Waals surface area contributed by atoms with Crippen LogP contribution in [0.2, 0.25) is 5.02 Å². The maximum absolute atomic E-state index is 12.3. The molecule has 2 rings (SSSR count). The highest BCUT2D eigenvalue weighted by Gasteiger charge is 2.24. The predicted molar refractivity (Wildman–Crippen MR) is 74.3 cm³/mol. The normalized spacial score (nSPS) is 12.0. The van der Waals surface area contributed by atoms with Crippen LogP contribution in [0.3, 0.4) is 0 Å². The van der Waals surface area contributed by atoms with Gasteiger partial charge in [-0.25, -0.2) is 8.42 Å². The average molecular weight is 366 g/mol. The zero-order valence-corrected chi connectivity index (χ0v) is 13.0. The van der Waals surface area contributed by atoms with Crippen molar-refractivity contribution in [3.63, 3.8) is 0 Å². The summed E-state index contributed by atoms with van der Waals surface area (Å²) in [7, 11) is -2.24. The molecule has 0 fully saturated rings. The number of sulfonamides is 1. The Morgan fingerprint density at radius 1 is 1.42 bits per heavy atom. The summed E-state index contributed by atoms with van der Waals surface area (Å²) in [6.07, 6.45) is 2.66. The van der Waals surface area contributed by atoms with Crippen LogP contribution in [0.25, 0.3) is 0 Å². The smallest absolute Gasteiger partial charge is 0.246 e. The van der Waals surface area contributed by atoms with Crippen LogP contribution in [-0.2, 0) is 16.6 Å². The molecule has 102 valence electrons. The van der Waals surface area contributed by atoms with Crippen molar-refractivity contribution in [2.45, 2.75) is 11.4 Å². The van der Waals surface area contributed by atoms with Crippen LogP contribution in [0.1, 0.15) is 5.76 Å². The maximum Gasteiger partial charge on any atom is 0.246 e. The number of nitrogens with zero attached hydrogens (tertiary/aromatic N) is 2. The Morgan fingerprint density at radius 3 is 2.74 bits per heavy atom. The molecule has 0 aromatic carbocycles. The molecule has 0 aliphatic heterocycles. The Morgan fingerprint density at radius 2 is 2.16 bits per heavy atom. The highest BCUT2D eigenvalue weighted by molar-refractivity contribution is 9.10. The summed E-state index contributed by atoms with van der Waals surface area (Å²) >= 11 is 9.05. The fourth-order valence-corrected chi connectivity index (χ4v) is 3.34. The third-order valence-electron chi connectivity index (χ3n) is 2.43. The van der Waals surface area contributed by atoms with Gasteiger partial charge in [-0.3, -0.25) is 4.98 Å². The van der Waals surface area contributed by atoms with Crippen LogP contribution in [0, 0.1) is 0 Å². The van der Waals surface area contributed by atoms with Gasteiger partial charge >= 0.3 is 0 Å². The van der Waals surface area contributed by atoms with E-state index in [4.69, 9.17) is 16.0 Å². The van der Waals surface area contributed by atoms with E-state index in [2.05, 4.69) is 20.9 Å². The minimum absolute atomic E-state index is 0.0233. The van der Waals surface area contributed by atoms with Gasteiger partial charge in [0, 0.05) is 19.4 Å². The molecule has 0 N–H and O–H groups in total. The molecule has 0 radical (unpaired) electrons. The van der Waals surface area contributed by atoms with Crippen molar-refractivity contribution in [1.29, 1.82) is 0 Å². The Hall–Kier alpha value is -0.890. The molecule has 0 atom stereocenters. The van der Waals surface area contributed by atoms with Crippen molar-refractivity contribution in [2.75, 3.05) is 7.05 Å². The summed E-state index contributed by atoms with van der Waals surface area (Å²) in [6.45, 7) is 0.110. The lowest BCUT2D eigenvalue weighted by molar-refractivity contribution is 0.398. The first-order valence-corrected chi connectivity index (χ1v) is 7.82. The molecular weight excluding hydrogens is 356 g/mol. The molecule has 19 heavy (non-hydrogen) atoms. The first kappa shape index (κ1) is 14.5. The molecule has 0 amide bonds. The van der Waals surface area contributed by atoms with Crippen LogP contribution in [0.5, 0.6) is 0 Å². The van der Waals surface area contributed by atoms with Gasteiger partial charge in [-0.1, -0.05) is 11.6 Å². The third-order valence-corrected chi connectivity index (χ3v) is 5.13. The lowest BCUT2D eigenvalue weighted by Gasteiger charge is -2.16. The Labute approximate surface area is 124 Å². The first-order valence-electron chi connectivity index (χ1n) is 5.21. The number of pyridine rings is 1. The number of hydrogen-bond donors (Lipinski definition) is 0. The third kappa shape index (κ3) is 3.17. The minimum atomic E-state index is -3.70. The Bertz CT molecular complexity index is 687. The van der Waals surface area contributed by atoms with Crippen molar-refractivity contribution in [2.24, 2.45) is 0 Å². The van der Waals surface area contributed by atoms with Gasteiger partial charge in [0.05, 0.1) is 11.6 Å². The fraction of sp³-hybridized carbons (Fsp3) is 0.182. The molecule has 5 nitrogen and oxygen atoms in total. The van der Waals surface area contributed by atoms with E-state index in [1.807, 2.05) is 0 Å². The van der Waals surface area contributed by atoms with E-state index in [0.29, 0.717) is 10.4 Å². The summed E-state index contributed by atoms with van der Waals surface area (Å²) < 4.78 is 31.6. The van der Waals surface area contributed by atoms with Crippen molar-refractivity contribution < 1.29 is 12.8 Å². The second-order valence-corrected chi connectivity index (χ2v) is 6.98. The van der Waals surface area contributed by atoms with Gasteiger partial charge in [0.2, 0.25) is 10.0 Å². The van der Waals surface area contributed by atoms with Gasteiger partial charge < -0.3 is 4.42 Å². The molecule has 0 spiro atoms. The largest absolute Gasteiger partial charge is 0.453 e. The van der Waals surface area contributed by atoms with Crippen LogP contribution < -0.4 is 0 Å². The fourth-order valence-electron chi connectivity index (χ4n) is 1.46. The van der Waals surface area contributed by atoms with E-state index in [-0.39, 0.29) is 16.5 Å². The summed E-state index contributed by atoms with van der Waals surface area (Å²) in [4.78, 5) is 3.76. The molecule has 0 aliphatic carbocycles. The van der Waals surface area contributed by atoms with Crippen LogP contribution in [0.4, 0.5) is 0 Å². The topological polar surface area (TPSA) is 63.4 Å². The summed E-state index contributed by atoms with van der Waals surface area (Å²) in [5.74, 6) is 0.526. The van der Waals surface area contributed by atoms with E-state index < -0.39 is 10.0 Å². The Kier molecular flexibility index (Phi) is 4.29. The predicted octanol–water partition coefficient (Wildman–Crippen LogP) is 2.91. The summed E-state index contributed by atoms with van der Waals surface area (Å²) in [5, 5.41) is 0.141. The molecule has 8 heteroatoms. The van der Waals surface area contributed by atoms with E-state index in [1.54, 1.807) is 12.1 Å². The molecule has 0 unspecified atom stereocenters. The minimum Gasteiger partial charge on any atom is -0.453 e. The zero-order valence-electron chi connectivity index (χ0n) is 9.88. The highest BCUT2D eigenvalue weighted by Crippen LogP contribution is 2.24. The molecule has 2 aromatic heterocycles. The van der Waals surface area contributed by atoms with E-state index >= 15 is 0 Å². The SMILES string of the molecule is CN(Cc1ccc(Br)o1)S(=O)(=O)c1cnccc1Cl. The van der Waals surface area contributed by atoms with E-state index in [0.717, 1.165) is 4.31 Å². The number of rotatable bonds is 4. The summed E-state index contributed by atoms with van der Waals surface area (Å²) in [6, 6.07) is 4.83. The van der Waals surface area contributed by atoms with E-state index in [9.17, 15) is 8.42 Å². The molecule has 0 aliphatic rings. The van der Waals surface area contributed by atoms with Gasteiger partial charge in [-0.15, -0.1) is 0 Å². The Balaban J connectivity index is 2.27. The molecular formula is C11H10BrClN2O3S. The van der Waals surface area contributed by atoms with Crippen molar-refractivity contribution in [1.82, 2.24) is 9.29 Å². The van der Waals surface area contributed by atoms with Gasteiger partial charge in [0.25, 0.3) is 0 Å². The number of hydrogen-bond acceptors (Lipinski definition) is 4. The monoisotopic (exact) mass is 364 g/mol. The zero-order chi connectivity index (χ0) is 14.0. The lowest BCUT2D eigenvalue weighted by Crippen LogP contribution is -2.26. The van der Waals surface area contributed by atoms with E-state index in [1.165, 1.54) is 25.5 Å².